The molecule has 1 aromatic rings. The van der Waals surface area contributed by atoms with Crippen molar-refractivity contribution in [2.24, 2.45) is 0 Å². The van der Waals surface area contributed by atoms with Gasteiger partial charge in [0.25, 0.3) is 0 Å². The number of rotatable bonds is 1. The van der Waals surface area contributed by atoms with Crippen molar-refractivity contribution in [1.29, 1.82) is 0 Å². The van der Waals surface area contributed by atoms with E-state index >= 15 is 0 Å². The molecule has 1 aromatic carbocycles. The molecule has 0 fully saturated rings. The van der Waals surface area contributed by atoms with Crippen molar-refractivity contribution in [1.82, 2.24) is 0 Å². The molecule has 0 aliphatic rings. The van der Waals surface area contributed by atoms with E-state index in [2.05, 4.69) is 0 Å². The SMILES string of the molecule is O=Cc1ccccc1.[C]. The van der Waals surface area contributed by atoms with Crippen molar-refractivity contribution in [3.8, 4) is 0 Å². The number of hydrogen-bond acceptors (Lipinski definition) is 1. The lowest BCUT2D eigenvalue weighted by atomic mass is 10.2. The molecule has 0 bridgehead atoms. The highest BCUT2D eigenvalue weighted by Crippen LogP contribution is 1.91. The van der Waals surface area contributed by atoms with Crippen LogP contribution in [0.4, 0.5) is 0 Å². The molecule has 44 valence electrons. The van der Waals surface area contributed by atoms with Crippen LogP contribution in [0.2, 0.25) is 0 Å². The fourth-order valence-corrected chi connectivity index (χ4v) is 0.532. The summed E-state index contributed by atoms with van der Waals surface area (Å²) in [6.45, 7) is 0. The Kier molecular flexibility index (Phi) is 3.37. The molecule has 0 amide bonds. The predicted octanol–water partition coefficient (Wildman–Crippen LogP) is 1.58. The van der Waals surface area contributed by atoms with Crippen LogP contribution >= 0.6 is 0 Å². The third-order valence-electron chi connectivity index (χ3n) is 0.936. The molecule has 4 radical (unpaired) electrons. The van der Waals surface area contributed by atoms with Gasteiger partial charge in [-0.15, -0.1) is 0 Å². The zero-order chi connectivity index (χ0) is 5.82. The van der Waals surface area contributed by atoms with E-state index < -0.39 is 0 Å². The largest absolute Gasteiger partial charge is 0.298 e. The molecule has 1 heteroatoms. The van der Waals surface area contributed by atoms with Gasteiger partial charge in [-0.2, -0.15) is 0 Å². The lowest BCUT2D eigenvalue weighted by Crippen LogP contribution is -1.73. The van der Waals surface area contributed by atoms with Crippen LogP contribution in [-0.2, 0) is 0 Å². The monoisotopic (exact) mass is 118 g/mol. The molecule has 9 heavy (non-hydrogen) atoms. The number of hydrogen-bond donors (Lipinski definition) is 0. The van der Waals surface area contributed by atoms with Crippen LogP contribution in [0.3, 0.4) is 0 Å². The highest BCUT2D eigenvalue weighted by molar-refractivity contribution is 5.74. The second-order valence-electron chi connectivity index (χ2n) is 1.53. The molecule has 0 unspecified atom stereocenters. The molecule has 0 saturated carbocycles. The Morgan fingerprint density at radius 1 is 1.11 bits per heavy atom. The predicted molar refractivity (Wildman–Crippen MR) is 35.1 cm³/mol. The zero-order valence-corrected chi connectivity index (χ0v) is 4.87. The summed E-state index contributed by atoms with van der Waals surface area (Å²) in [5.41, 5.74) is 0.729. The summed E-state index contributed by atoms with van der Waals surface area (Å²) in [6, 6.07) is 9.10. The molecule has 0 spiro atoms. The molecule has 0 atom stereocenters. The molecule has 1 rings (SSSR count). The van der Waals surface area contributed by atoms with Gasteiger partial charge in [-0.1, -0.05) is 30.3 Å². The maximum absolute atomic E-state index is 10.0. The number of benzene rings is 1. The van der Waals surface area contributed by atoms with Gasteiger partial charge in [0, 0.05) is 13.0 Å². The number of aldehydes is 1. The Labute approximate surface area is 55.3 Å². The van der Waals surface area contributed by atoms with Crippen LogP contribution < -0.4 is 0 Å². The third kappa shape index (κ3) is 2.08. The maximum atomic E-state index is 10.0. The van der Waals surface area contributed by atoms with E-state index in [-0.39, 0.29) is 7.43 Å². The second kappa shape index (κ2) is 3.84. The van der Waals surface area contributed by atoms with Crippen molar-refractivity contribution in [3.05, 3.63) is 43.3 Å². The van der Waals surface area contributed by atoms with E-state index in [9.17, 15) is 4.79 Å². The van der Waals surface area contributed by atoms with Crippen LogP contribution in [0, 0.1) is 7.43 Å². The average molecular weight is 118 g/mol. The molecule has 1 nitrogen and oxygen atoms in total. The van der Waals surface area contributed by atoms with Crippen LogP contribution in [0.15, 0.2) is 30.3 Å². The summed E-state index contributed by atoms with van der Waals surface area (Å²) < 4.78 is 0. The summed E-state index contributed by atoms with van der Waals surface area (Å²) >= 11 is 0. The summed E-state index contributed by atoms with van der Waals surface area (Å²) in [5.74, 6) is 0. The first-order chi connectivity index (χ1) is 3.93. The topological polar surface area (TPSA) is 17.1 Å². The lowest BCUT2D eigenvalue weighted by molar-refractivity contribution is 0.112. The van der Waals surface area contributed by atoms with Gasteiger partial charge in [-0.05, 0) is 0 Å². The van der Waals surface area contributed by atoms with Gasteiger partial charge in [0.05, 0.1) is 0 Å². The highest BCUT2D eigenvalue weighted by Gasteiger charge is 1.79. The highest BCUT2D eigenvalue weighted by atomic mass is 16.1. The quantitative estimate of drug-likeness (QED) is 0.511. The minimum atomic E-state index is 0. The number of carbonyl (C=O) groups excluding carboxylic acids is 1. The third-order valence-corrected chi connectivity index (χ3v) is 0.936. The van der Waals surface area contributed by atoms with Crippen LogP contribution in [0.5, 0.6) is 0 Å². The van der Waals surface area contributed by atoms with Crippen molar-refractivity contribution in [2.45, 2.75) is 0 Å². The minimum absolute atomic E-state index is 0. The van der Waals surface area contributed by atoms with E-state index in [1.165, 1.54) is 0 Å². The first-order valence-electron chi connectivity index (χ1n) is 2.44. The smallest absolute Gasteiger partial charge is 0.150 e. The molecular weight excluding hydrogens is 112 g/mol. The molecule has 0 N–H and O–H groups in total. The Bertz CT molecular complexity index is 167. The van der Waals surface area contributed by atoms with Crippen LogP contribution in [0.1, 0.15) is 10.4 Å². The van der Waals surface area contributed by atoms with Gasteiger partial charge in [-0.25, -0.2) is 0 Å². The van der Waals surface area contributed by atoms with Gasteiger partial charge >= 0.3 is 0 Å². The van der Waals surface area contributed by atoms with Gasteiger partial charge in [0.1, 0.15) is 6.29 Å². The van der Waals surface area contributed by atoms with Crippen molar-refractivity contribution >= 4 is 6.29 Å². The molecule has 0 heterocycles. The van der Waals surface area contributed by atoms with Crippen LogP contribution in [0.25, 0.3) is 0 Å². The maximum Gasteiger partial charge on any atom is 0.150 e. The first-order valence-corrected chi connectivity index (χ1v) is 2.44. The molecule has 0 aromatic heterocycles. The van der Waals surface area contributed by atoms with Crippen molar-refractivity contribution < 1.29 is 4.79 Å². The Morgan fingerprint density at radius 3 is 2.00 bits per heavy atom. The average Bonchev–Trinajstić information content (AvgIpc) is 1.90. The zero-order valence-electron chi connectivity index (χ0n) is 4.87. The fourth-order valence-electron chi connectivity index (χ4n) is 0.532. The van der Waals surface area contributed by atoms with Crippen molar-refractivity contribution in [2.75, 3.05) is 0 Å². The van der Waals surface area contributed by atoms with E-state index in [4.69, 9.17) is 0 Å². The molecule has 0 saturated heterocycles. The Balaban J connectivity index is 0.000000640. The van der Waals surface area contributed by atoms with Crippen LogP contribution in [-0.4, -0.2) is 6.29 Å². The standard InChI is InChI=1S/C7H6O.C/c8-6-7-4-2-1-3-5-7;/h1-6H;. The molecule has 0 aliphatic carbocycles. The summed E-state index contributed by atoms with van der Waals surface area (Å²) in [4.78, 5) is 10.0. The normalized spacial score (nSPS) is 7.56. The first kappa shape index (κ1) is 7.89. The summed E-state index contributed by atoms with van der Waals surface area (Å²) in [7, 11) is 0. The van der Waals surface area contributed by atoms with E-state index in [0.717, 1.165) is 11.8 Å². The van der Waals surface area contributed by atoms with E-state index in [1.807, 2.05) is 18.2 Å². The minimum Gasteiger partial charge on any atom is -0.298 e. The van der Waals surface area contributed by atoms with Gasteiger partial charge in [-0.3, -0.25) is 4.79 Å². The second-order valence-corrected chi connectivity index (χ2v) is 1.53. The Morgan fingerprint density at radius 2 is 1.67 bits per heavy atom. The molecular formula is C8H6O. The Hall–Kier alpha value is -1.11. The number of carbonyl (C=O) groups is 1. The van der Waals surface area contributed by atoms with E-state index in [0.29, 0.717) is 0 Å². The van der Waals surface area contributed by atoms with Gasteiger partial charge < -0.3 is 0 Å². The molecule has 0 aliphatic heterocycles. The van der Waals surface area contributed by atoms with Gasteiger partial charge in [0.15, 0.2) is 0 Å². The van der Waals surface area contributed by atoms with E-state index in [1.54, 1.807) is 12.1 Å². The summed E-state index contributed by atoms with van der Waals surface area (Å²) in [5, 5.41) is 0. The van der Waals surface area contributed by atoms with Gasteiger partial charge in [0.2, 0.25) is 0 Å². The lowest BCUT2D eigenvalue weighted by Gasteiger charge is -1.81. The fraction of sp³-hybridized carbons (Fsp3) is 0. The summed E-state index contributed by atoms with van der Waals surface area (Å²) in [6.07, 6.45) is 0.833. The van der Waals surface area contributed by atoms with Crippen molar-refractivity contribution in [3.63, 3.8) is 0 Å².